The van der Waals surface area contributed by atoms with Crippen LogP contribution in [0.5, 0.6) is 0 Å². The molecule has 3 atom stereocenters. The quantitative estimate of drug-likeness (QED) is 0.357. The van der Waals surface area contributed by atoms with Crippen LogP contribution in [0.3, 0.4) is 0 Å². The lowest BCUT2D eigenvalue weighted by Gasteiger charge is -2.29. The molecule has 1 rings (SSSR count). The average molecular weight is 309 g/mol. The maximum atomic E-state index is 2.53. The predicted molar refractivity (Wildman–Crippen MR) is 101 cm³/mol. The van der Waals surface area contributed by atoms with Crippen molar-refractivity contribution in [2.24, 2.45) is 17.8 Å². The first-order chi connectivity index (χ1) is 10.8. The fraction of sp³-hybridized carbons (Fsp3) is 1.00. The molecular weight excluding hydrogens is 264 g/mol. The summed E-state index contributed by atoms with van der Waals surface area (Å²) in [6.45, 7) is 7.20. The van der Waals surface area contributed by atoms with Gasteiger partial charge in [-0.05, 0) is 24.2 Å². The Balaban J connectivity index is 2.50. The zero-order valence-corrected chi connectivity index (χ0v) is 16.0. The third-order valence-electron chi connectivity index (χ3n) is 6.00. The van der Waals surface area contributed by atoms with Gasteiger partial charge in [-0.1, -0.05) is 117 Å². The highest BCUT2D eigenvalue weighted by molar-refractivity contribution is 4.75. The van der Waals surface area contributed by atoms with Crippen LogP contribution in [-0.4, -0.2) is 0 Å². The molecule has 1 fully saturated rings. The maximum Gasteiger partial charge on any atom is -0.0383 e. The molecule has 3 unspecified atom stereocenters. The Morgan fingerprint density at radius 3 is 2.00 bits per heavy atom. The van der Waals surface area contributed by atoms with E-state index in [0.29, 0.717) is 0 Å². The van der Waals surface area contributed by atoms with E-state index in [1.54, 1.807) is 0 Å². The van der Waals surface area contributed by atoms with Gasteiger partial charge in [0.25, 0.3) is 0 Å². The minimum absolute atomic E-state index is 0.979. The molecule has 0 radical (unpaired) electrons. The molecule has 0 bridgehead atoms. The van der Waals surface area contributed by atoms with Crippen LogP contribution in [0, 0.1) is 17.8 Å². The standard InChI is InChI=1S/C22H44/c1-4-6-8-13-17-21(16-11-7-5-2)22-18-14-10-9-12-15-20(3)19-22/h20-22H,4-19H2,1-3H3. The molecule has 1 aliphatic rings. The monoisotopic (exact) mass is 308 g/mol. The summed E-state index contributed by atoms with van der Waals surface area (Å²) in [6.07, 6.45) is 23.7. The first-order valence-corrected chi connectivity index (χ1v) is 10.8. The molecule has 0 spiro atoms. The van der Waals surface area contributed by atoms with Gasteiger partial charge in [0, 0.05) is 0 Å². The lowest BCUT2D eigenvalue weighted by Crippen LogP contribution is -2.18. The zero-order chi connectivity index (χ0) is 16.0. The van der Waals surface area contributed by atoms with Crippen molar-refractivity contribution in [1.82, 2.24) is 0 Å². The molecule has 1 saturated carbocycles. The van der Waals surface area contributed by atoms with Crippen molar-refractivity contribution in [2.45, 2.75) is 124 Å². The van der Waals surface area contributed by atoms with E-state index in [9.17, 15) is 0 Å². The van der Waals surface area contributed by atoms with E-state index in [1.807, 2.05) is 0 Å². The summed E-state index contributed by atoms with van der Waals surface area (Å²) in [7, 11) is 0. The molecule has 0 aromatic heterocycles. The van der Waals surface area contributed by atoms with E-state index in [-0.39, 0.29) is 0 Å². The molecule has 0 aliphatic heterocycles. The highest BCUT2D eigenvalue weighted by Gasteiger charge is 2.23. The fourth-order valence-corrected chi connectivity index (χ4v) is 4.54. The second-order valence-electron chi connectivity index (χ2n) is 8.20. The van der Waals surface area contributed by atoms with Crippen LogP contribution >= 0.6 is 0 Å². The van der Waals surface area contributed by atoms with E-state index in [2.05, 4.69) is 20.8 Å². The topological polar surface area (TPSA) is 0 Å². The van der Waals surface area contributed by atoms with Gasteiger partial charge in [-0.2, -0.15) is 0 Å². The molecule has 0 heteroatoms. The number of unbranched alkanes of at least 4 members (excludes halogenated alkanes) is 5. The zero-order valence-electron chi connectivity index (χ0n) is 16.0. The molecule has 0 amide bonds. The predicted octanol–water partition coefficient (Wildman–Crippen LogP) is 8.15. The second-order valence-corrected chi connectivity index (χ2v) is 8.20. The van der Waals surface area contributed by atoms with E-state index >= 15 is 0 Å². The van der Waals surface area contributed by atoms with Gasteiger partial charge in [0.1, 0.15) is 0 Å². The minimum atomic E-state index is 0.979. The molecule has 22 heavy (non-hydrogen) atoms. The van der Waals surface area contributed by atoms with Crippen molar-refractivity contribution in [2.75, 3.05) is 0 Å². The van der Waals surface area contributed by atoms with Crippen molar-refractivity contribution >= 4 is 0 Å². The smallest absolute Gasteiger partial charge is 0.0383 e. The van der Waals surface area contributed by atoms with Gasteiger partial charge in [0.15, 0.2) is 0 Å². The van der Waals surface area contributed by atoms with Crippen LogP contribution in [0.15, 0.2) is 0 Å². The van der Waals surface area contributed by atoms with E-state index in [0.717, 1.165) is 17.8 Å². The number of hydrogen-bond acceptors (Lipinski definition) is 0. The van der Waals surface area contributed by atoms with Gasteiger partial charge in [0.2, 0.25) is 0 Å². The largest absolute Gasteiger partial charge is 0.0654 e. The van der Waals surface area contributed by atoms with E-state index < -0.39 is 0 Å². The molecule has 0 heterocycles. The molecular formula is C22H44. The second kappa shape index (κ2) is 13.4. The maximum absolute atomic E-state index is 2.53. The first kappa shape index (κ1) is 20.0. The molecule has 0 nitrogen and oxygen atoms in total. The van der Waals surface area contributed by atoms with Crippen LogP contribution in [-0.2, 0) is 0 Å². The first-order valence-electron chi connectivity index (χ1n) is 10.8. The number of hydrogen-bond donors (Lipinski definition) is 0. The van der Waals surface area contributed by atoms with Crippen LogP contribution < -0.4 is 0 Å². The Morgan fingerprint density at radius 1 is 0.727 bits per heavy atom. The van der Waals surface area contributed by atoms with Gasteiger partial charge in [-0.3, -0.25) is 0 Å². The van der Waals surface area contributed by atoms with Crippen molar-refractivity contribution in [3.8, 4) is 0 Å². The third kappa shape index (κ3) is 9.21. The van der Waals surface area contributed by atoms with Gasteiger partial charge in [-0.15, -0.1) is 0 Å². The minimum Gasteiger partial charge on any atom is -0.0654 e. The molecule has 0 N–H and O–H groups in total. The Morgan fingerprint density at radius 2 is 1.32 bits per heavy atom. The Labute approximate surface area is 141 Å². The lowest BCUT2D eigenvalue weighted by molar-refractivity contribution is 0.219. The summed E-state index contributed by atoms with van der Waals surface area (Å²) in [5.41, 5.74) is 0. The van der Waals surface area contributed by atoms with Crippen molar-refractivity contribution in [1.29, 1.82) is 0 Å². The fourth-order valence-electron chi connectivity index (χ4n) is 4.54. The summed E-state index contributed by atoms with van der Waals surface area (Å²) in [6, 6.07) is 0. The van der Waals surface area contributed by atoms with Crippen LogP contribution in [0.25, 0.3) is 0 Å². The highest BCUT2D eigenvalue weighted by Crippen LogP contribution is 2.36. The summed E-state index contributed by atoms with van der Waals surface area (Å²) in [5.74, 6) is 3.07. The van der Waals surface area contributed by atoms with Gasteiger partial charge >= 0.3 is 0 Å². The summed E-state index contributed by atoms with van der Waals surface area (Å²) >= 11 is 0. The van der Waals surface area contributed by atoms with Gasteiger partial charge < -0.3 is 0 Å². The SMILES string of the molecule is CCCCCCC(CCCCC)C1CCCCCCC(C)C1. The van der Waals surface area contributed by atoms with E-state index in [4.69, 9.17) is 0 Å². The molecule has 132 valence electrons. The Bertz CT molecular complexity index is 232. The van der Waals surface area contributed by atoms with Crippen LogP contribution in [0.1, 0.15) is 124 Å². The highest BCUT2D eigenvalue weighted by atomic mass is 14.3. The summed E-state index contributed by atoms with van der Waals surface area (Å²) < 4.78 is 0. The normalized spacial score (nSPS) is 25.2. The van der Waals surface area contributed by atoms with Gasteiger partial charge in [0.05, 0.1) is 0 Å². The summed E-state index contributed by atoms with van der Waals surface area (Å²) in [4.78, 5) is 0. The lowest BCUT2D eigenvalue weighted by atomic mass is 9.76. The van der Waals surface area contributed by atoms with Crippen molar-refractivity contribution in [3.05, 3.63) is 0 Å². The van der Waals surface area contributed by atoms with Gasteiger partial charge in [-0.25, -0.2) is 0 Å². The molecule has 0 aromatic rings. The molecule has 0 saturated heterocycles. The number of rotatable bonds is 10. The Kier molecular flexibility index (Phi) is 12.2. The van der Waals surface area contributed by atoms with E-state index in [1.165, 1.54) is 103 Å². The average Bonchev–Trinajstić information content (AvgIpc) is 2.62. The molecule has 1 aliphatic carbocycles. The molecule has 0 aromatic carbocycles. The summed E-state index contributed by atoms with van der Waals surface area (Å²) in [5, 5.41) is 0. The van der Waals surface area contributed by atoms with Crippen molar-refractivity contribution in [3.63, 3.8) is 0 Å². The van der Waals surface area contributed by atoms with Crippen LogP contribution in [0.4, 0.5) is 0 Å². The Hall–Kier alpha value is 0. The third-order valence-corrected chi connectivity index (χ3v) is 6.00. The van der Waals surface area contributed by atoms with Crippen molar-refractivity contribution < 1.29 is 0 Å². The van der Waals surface area contributed by atoms with Crippen LogP contribution in [0.2, 0.25) is 0 Å².